The van der Waals surface area contributed by atoms with Crippen LogP contribution < -0.4 is 4.90 Å². The summed E-state index contributed by atoms with van der Waals surface area (Å²) in [5.74, 6) is -0.860. The minimum absolute atomic E-state index is 0.365. The van der Waals surface area contributed by atoms with Crippen LogP contribution >= 0.6 is 0 Å². The number of rotatable bonds is 2. The highest BCUT2D eigenvalue weighted by Gasteiger charge is 2.24. The molecule has 80 valence electrons. The summed E-state index contributed by atoms with van der Waals surface area (Å²) < 4.78 is 0. The van der Waals surface area contributed by atoms with Crippen LogP contribution in [-0.2, 0) is 0 Å². The van der Waals surface area contributed by atoms with Crippen LogP contribution in [0.25, 0.3) is 0 Å². The molecule has 1 aromatic rings. The van der Waals surface area contributed by atoms with Gasteiger partial charge in [0.05, 0.1) is 5.56 Å². The van der Waals surface area contributed by atoms with Gasteiger partial charge in [0.2, 0.25) is 0 Å². The van der Waals surface area contributed by atoms with Gasteiger partial charge >= 0.3 is 5.97 Å². The number of anilines is 1. The van der Waals surface area contributed by atoms with Gasteiger partial charge in [-0.3, -0.25) is 0 Å². The van der Waals surface area contributed by atoms with Crippen LogP contribution in [-0.4, -0.2) is 23.7 Å². The number of aromatic carboxylic acids is 1. The van der Waals surface area contributed by atoms with Gasteiger partial charge in [0.15, 0.2) is 0 Å². The molecule has 3 heteroatoms. The van der Waals surface area contributed by atoms with Crippen molar-refractivity contribution in [2.24, 2.45) is 0 Å². The van der Waals surface area contributed by atoms with E-state index in [1.54, 1.807) is 12.1 Å². The number of hydrogen-bond acceptors (Lipinski definition) is 2. The molecule has 0 aromatic heterocycles. The number of carboxylic acid groups (broad SMARTS) is 1. The average molecular weight is 205 g/mol. The highest BCUT2D eigenvalue weighted by atomic mass is 16.4. The molecule has 1 aliphatic rings. The molecule has 2 rings (SSSR count). The van der Waals surface area contributed by atoms with Gasteiger partial charge in [0.1, 0.15) is 0 Å². The Morgan fingerprint density at radius 2 is 2.27 bits per heavy atom. The predicted molar refractivity (Wildman–Crippen MR) is 59.6 cm³/mol. The number of hydrogen-bond donors (Lipinski definition) is 1. The second-order valence-corrected chi connectivity index (χ2v) is 4.14. The number of aryl methyl sites for hydroxylation is 1. The first-order chi connectivity index (χ1) is 7.09. The first-order valence-electron chi connectivity index (χ1n) is 5.20. The molecule has 0 bridgehead atoms. The van der Waals surface area contributed by atoms with Gasteiger partial charge in [0, 0.05) is 18.3 Å². The smallest absolute Gasteiger partial charge is 0.335 e. The third kappa shape index (κ3) is 1.69. The summed E-state index contributed by atoms with van der Waals surface area (Å²) in [7, 11) is 0. The summed E-state index contributed by atoms with van der Waals surface area (Å²) >= 11 is 0. The van der Waals surface area contributed by atoms with Crippen molar-refractivity contribution in [1.29, 1.82) is 0 Å². The van der Waals surface area contributed by atoms with E-state index in [1.807, 2.05) is 13.0 Å². The van der Waals surface area contributed by atoms with Crippen molar-refractivity contribution < 1.29 is 9.90 Å². The molecular formula is C12H15NO2. The van der Waals surface area contributed by atoms with E-state index >= 15 is 0 Å². The summed E-state index contributed by atoms with van der Waals surface area (Å²) in [5.41, 5.74) is 2.57. The van der Waals surface area contributed by atoms with Crippen LogP contribution in [0.3, 0.4) is 0 Å². The van der Waals surface area contributed by atoms with Crippen molar-refractivity contribution in [2.75, 3.05) is 11.4 Å². The van der Waals surface area contributed by atoms with Gasteiger partial charge < -0.3 is 10.0 Å². The van der Waals surface area contributed by atoms with Crippen molar-refractivity contribution >= 4 is 11.7 Å². The van der Waals surface area contributed by atoms with Crippen LogP contribution in [0.15, 0.2) is 18.2 Å². The minimum atomic E-state index is -0.860. The summed E-state index contributed by atoms with van der Waals surface area (Å²) in [6.07, 6.45) is 1.22. The van der Waals surface area contributed by atoms with Crippen LogP contribution in [0.1, 0.15) is 29.3 Å². The Bertz CT molecular complexity index is 401. The van der Waals surface area contributed by atoms with E-state index < -0.39 is 5.97 Å². The molecule has 1 atom stereocenters. The molecule has 1 fully saturated rings. The summed E-state index contributed by atoms with van der Waals surface area (Å²) in [4.78, 5) is 13.1. The largest absolute Gasteiger partial charge is 0.478 e. The Balaban J connectivity index is 2.30. The van der Waals surface area contributed by atoms with Crippen molar-refractivity contribution in [2.45, 2.75) is 26.3 Å². The van der Waals surface area contributed by atoms with Gasteiger partial charge in [-0.15, -0.1) is 0 Å². The second-order valence-electron chi connectivity index (χ2n) is 4.14. The Morgan fingerprint density at radius 1 is 1.53 bits per heavy atom. The fraction of sp³-hybridized carbons (Fsp3) is 0.417. The topological polar surface area (TPSA) is 40.5 Å². The maximum absolute atomic E-state index is 10.8. The van der Waals surface area contributed by atoms with Gasteiger partial charge in [-0.25, -0.2) is 4.79 Å². The van der Waals surface area contributed by atoms with Crippen molar-refractivity contribution in [3.63, 3.8) is 0 Å². The summed E-state index contributed by atoms with van der Waals surface area (Å²) in [6, 6.07) is 5.91. The lowest BCUT2D eigenvalue weighted by atomic mass is 10.0. The summed E-state index contributed by atoms with van der Waals surface area (Å²) in [5, 5.41) is 8.85. The molecule has 15 heavy (non-hydrogen) atoms. The maximum atomic E-state index is 10.8. The van der Waals surface area contributed by atoms with Gasteiger partial charge in [-0.2, -0.15) is 0 Å². The fourth-order valence-electron chi connectivity index (χ4n) is 1.99. The third-order valence-corrected chi connectivity index (χ3v) is 3.07. The zero-order chi connectivity index (χ0) is 11.0. The van der Waals surface area contributed by atoms with Gasteiger partial charge in [0.25, 0.3) is 0 Å². The molecular weight excluding hydrogens is 190 g/mol. The number of nitrogens with zero attached hydrogens (tertiary/aromatic N) is 1. The van der Waals surface area contributed by atoms with Crippen LogP contribution in [0.5, 0.6) is 0 Å². The molecule has 0 aliphatic carbocycles. The normalized spacial score (nSPS) is 19.9. The van der Waals surface area contributed by atoms with Crippen LogP contribution in [0, 0.1) is 6.92 Å². The van der Waals surface area contributed by atoms with E-state index in [9.17, 15) is 4.79 Å². The lowest BCUT2D eigenvalue weighted by Gasteiger charge is -2.41. The molecule has 1 aromatic carbocycles. The molecule has 1 aliphatic heterocycles. The van der Waals surface area contributed by atoms with Crippen molar-refractivity contribution in [3.05, 3.63) is 29.3 Å². The SMILES string of the molecule is Cc1cc(C(=O)O)ccc1N1CCC1C. The van der Waals surface area contributed by atoms with E-state index in [0.29, 0.717) is 11.6 Å². The Kier molecular flexibility index (Phi) is 2.39. The quantitative estimate of drug-likeness (QED) is 0.805. The highest BCUT2D eigenvalue weighted by molar-refractivity contribution is 5.88. The minimum Gasteiger partial charge on any atom is -0.478 e. The molecule has 1 saturated heterocycles. The Morgan fingerprint density at radius 3 is 2.67 bits per heavy atom. The lowest BCUT2D eigenvalue weighted by molar-refractivity contribution is 0.0697. The maximum Gasteiger partial charge on any atom is 0.335 e. The lowest BCUT2D eigenvalue weighted by Crippen LogP contribution is -2.46. The monoisotopic (exact) mass is 205 g/mol. The van der Waals surface area contributed by atoms with Crippen LogP contribution in [0.2, 0.25) is 0 Å². The number of carbonyl (C=O) groups is 1. The number of carboxylic acids is 1. The van der Waals surface area contributed by atoms with Gasteiger partial charge in [-0.05, 0) is 44.0 Å². The van der Waals surface area contributed by atoms with E-state index in [4.69, 9.17) is 5.11 Å². The van der Waals surface area contributed by atoms with Crippen molar-refractivity contribution in [1.82, 2.24) is 0 Å². The molecule has 3 nitrogen and oxygen atoms in total. The molecule has 1 N–H and O–H groups in total. The third-order valence-electron chi connectivity index (χ3n) is 3.07. The van der Waals surface area contributed by atoms with Crippen molar-refractivity contribution in [3.8, 4) is 0 Å². The second kappa shape index (κ2) is 3.57. The van der Waals surface area contributed by atoms with E-state index in [0.717, 1.165) is 12.1 Å². The summed E-state index contributed by atoms with van der Waals surface area (Å²) in [6.45, 7) is 5.23. The fourth-order valence-corrected chi connectivity index (χ4v) is 1.99. The van der Waals surface area contributed by atoms with E-state index in [2.05, 4.69) is 11.8 Å². The zero-order valence-electron chi connectivity index (χ0n) is 9.03. The molecule has 1 heterocycles. The highest BCUT2D eigenvalue weighted by Crippen LogP contribution is 2.29. The predicted octanol–water partition coefficient (Wildman–Crippen LogP) is 2.29. The molecule has 1 unspecified atom stereocenters. The molecule has 0 radical (unpaired) electrons. The average Bonchev–Trinajstić information content (AvgIpc) is 2.18. The molecule has 0 saturated carbocycles. The van der Waals surface area contributed by atoms with E-state index in [1.165, 1.54) is 12.1 Å². The zero-order valence-corrected chi connectivity index (χ0v) is 9.03. The Labute approximate surface area is 89.3 Å². The number of benzene rings is 1. The standard InChI is InChI=1S/C12H15NO2/c1-8-7-10(12(14)15)3-4-11(8)13-6-5-9(13)2/h3-4,7,9H,5-6H2,1-2H3,(H,14,15). The van der Waals surface area contributed by atoms with Gasteiger partial charge in [-0.1, -0.05) is 0 Å². The molecule has 0 spiro atoms. The Hall–Kier alpha value is -1.51. The molecule has 0 amide bonds. The van der Waals surface area contributed by atoms with Crippen LogP contribution in [0.4, 0.5) is 5.69 Å². The first-order valence-corrected chi connectivity index (χ1v) is 5.20. The first kappa shape index (κ1) is 10.0. The van der Waals surface area contributed by atoms with E-state index in [-0.39, 0.29) is 0 Å².